The molecule has 53 heavy (non-hydrogen) atoms. The molecular weight excluding hydrogens is 696 g/mol. The second kappa shape index (κ2) is 14.1. The molecule has 2 aliphatic heterocycles. The summed E-state index contributed by atoms with van der Waals surface area (Å²) in [6.07, 6.45) is 8.09. The number of aromatic nitrogens is 4. The van der Waals surface area contributed by atoms with Crippen LogP contribution in [0.4, 0.5) is 22.7 Å². The molecule has 9 heteroatoms. The summed E-state index contributed by atoms with van der Waals surface area (Å²) >= 11 is -2.77. The average molecular weight is 735 g/mol. The number of para-hydroxylation sites is 4. The number of hydrogen-bond donors (Lipinski definition) is 6. The molecule has 0 fully saturated rings. The van der Waals surface area contributed by atoms with Gasteiger partial charge >= 0.3 is 173 Å². The maximum absolute atomic E-state index is 6.58. The van der Waals surface area contributed by atoms with Crippen molar-refractivity contribution in [3.63, 3.8) is 0 Å². The molecule has 8 bridgehead atoms. The van der Waals surface area contributed by atoms with Crippen molar-refractivity contribution in [3.05, 3.63) is 168 Å². The van der Waals surface area contributed by atoms with Crippen LogP contribution in [-0.4, -0.2) is 19.9 Å². The fraction of sp³-hybridized carbons (Fsp3) is 0. The van der Waals surface area contributed by atoms with Gasteiger partial charge in [-0.2, -0.15) is 0 Å². The predicted octanol–water partition coefficient (Wildman–Crippen LogP) is 6.43. The molecule has 0 saturated heterocycles. The fourth-order valence-electron chi connectivity index (χ4n) is 6.41. The van der Waals surface area contributed by atoms with Crippen LogP contribution in [0.3, 0.4) is 0 Å². The van der Waals surface area contributed by atoms with Crippen LogP contribution in [0.1, 0.15) is 22.8 Å². The van der Waals surface area contributed by atoms with E-state index in [1.165, 1.54) is 0 Å². The van der Waals surface area contributed by atoms with E-state index >= 15 is 0 Å². The van der Waals surface area contributed by atoms with E-state index in [1.54, 1.807) is 0 Å². The van der Waals surface area contributed by atoms with Gasteiger partial charge in [0.1, 0.15) is 0 Å². The third-order valence-corrected chi connectivity index (χ3v) is 14.3. The maximum atomic E-state index is 6.58. The average Bonchev–Trinajstić information content (AvgIpc) is 3.99. The number of aromatic amines is 2. The summed E-state index contributed by atoms with van der Waals surface area (Å²) in [5.74, 6) is 0. The van der Waals surface area contributed by atoms with Gasteiger partial charge in [-0.25, -0.2) is 9.97 Å². The van der Waals surface area contributed by atoms with Crippen molar-refractivity contribution in [2.45, 2.75) is 0 Å². The van der Waals surface area contributed by atoms with Gasteiger partial charge in [0.15, 0.2) is 0 Å². The third-order valence-electron chi connectivity index (χ3n) is 8.76. The minimum atomic E-state index is -2.77. The Morgan fingerprint density at radius 2 is 0.585 bits per heavy atom. The summed E-state index contributed by atoms with van der Waals surface area (Å²) in [5, 5.41) is 0. The van der Waals surface area contributed by atoms with Gasteiger partial charge in [-0.05, 0) is 72.8 Å². The van der Waals surface area contributed by atoms with Crippen LogP contribution in [0, 0.1) is 0 Å². The number of rotatable bonds is 4. The SMILES string of the molecule is C1=Cc2cc3ccc(cc4nc(cc5ccc(cc1n2)[nH]5)C=C4)[nH]3.Nc1cccc[c]1[Fe]([c]1ccccc1N)([c]1ccccc1N)[c]1ccccc1N. The molecule has 0 spiro atoms. The van der Waals surface area contributed by atoms with Crippen molar-refractivity contribution in [3.8, 4) is 0 Å². The number of nitrogens with one attached hydrogen (secondary N) is 2. The summed E-state index contributed by atoms with van der Waals surface area (Å²) in [6, 6.07) is 48.1. The van der Waals surface area contributed by atoms with Crippen LogP contribution in [0.25, 0.3) is 46.4 Å². The summed E-state index contributed by atoms with van der Waals surface area (Å²) in [5.41, 5.74) is 37.0. The number of nitrogen functional groups attached to an aromatic ring is 4. The summed E-state index contributed by atoms with van der Waals surface area (Å²) < 4.78 is 4.03. The van der Waals surface area contributed by atoms with E-state index in [9.17, 15) is 0 Å². The molecule has 0 amide bonds. The molecule has 5 heterocycles. The molecule has 0 atom stereocenters. The van der Waals surface area contributed by atoms with E-state index in [-0.39, 0.29) is 0 Å². The Kier molecular flexibility index (Phi) is 8.86. The molecule has 10 N–H and O–H groups in total. The molecule has 0 radical (unpaired) electrons. The van der Waals surface area contributed by atoms with E-state index in [0.29, 0.717) is 22.7 Å². The molecule has 0 aliphatic carbocycles. The Hall–Kier alpha value is -6.80. The molecule has 7 aromatic rings. The zero-order valence-electron chi connectivity index (χ0n) is 28.7. The number of hydrogen-bond acceptors (Lipinski definition) is 6. The molecule has 9 rings (SSSR count). The molecule has 0 unspecified atom stereocenters. The van der Waals surface area contributed by atoms with Crippen LogP contribution < -0.4 is 40.8 Å². The van der Waals surface area contributed by atoms with Crippen molar-refractivity contribution in [1.82, 2.24) is 19.9 Å². The molecule has 0 saturated carbocycles. The molecule has 3 aromatic heterocycles. The van der Waals surface area contributed by atoms with E-state index in [4.69, 9.17) is 22.9 Å². The summed E-state index contributed by atoms with van der Waals surface area (Å²) in [7, 11) is 0. The van der Waals surface area contributed by atoms with Gasteiger partial charge in [-0.1, -0.05) is 0 Å². The molecule has 2 aliphatic rings. The van der Waals surface area contributed by atoms with Crippen LogP contribution in [0.2, 0.25) is 0 Å². The van der Waals surface area contributed by atoms with Crippen molar-refractivity contribution in [2.75, 3.05) is 22.9 Å². The number of anilines is 4. The molecular formula is C44H38FeN8. The topological polar surface area (TPSA) is 161 Å². The number of nitrogens with two attached hydrogens (primary N) is 4. The number of H-pyrrole nitrogens is 2. The van der Waals surface area contributed by atoms with E-state index in [1.807, 2.05) is 121 Å². The second-order valence-corrected chi connectivity index (χ2v) is 16.5. The number of nitrogens with zero attached hydrogens (tertiary/aromatic N) is 2. The van der Waals surface area contributed by atoms with Crippen LogP contribution >= 0.6 is 0 Å². The first-order chi connectivity index (χ1) is 25.9. The van der Waals surface area contributed by atoms with E-state index < -0.39 is 12.8 Å². The predicted molar refractivity (Wildman–Crippen MR) is 221 cm³/mol. The Bertz CT molecular complexity index is 2340. The van der Waals surface area contributed by atoms with Gasteiger partial charge in [0.05, 0.1) is 22.8 Å². The van der Waals surface area contributed by atoms with Crippen molar-refractivity contribution in [2.24, 2.45) is 0 Å². The van der Waals surface area contributed by atoms with Gasteiger partial charge in [0, 0.05) is 22.1 Å². The molecule has 262 valence electrons. The quantitative estimate of drug-likeness (QED) is 0.0903. The third kappa shape index (κ3) is 6.58. The summed E-state index contributed by atoms with van der Waals surface area (Å²) in [4.78, 5) is 16.0. The first kappa shape index (κ1) is 33.3. The minimum absolute atomic E-state index is 0.697. The van der Waals surface area contributed by atoms with Gasteiger partial charge in [-0.3, -0.25) is 0 Å². The second-order valence-electron chi connectivity index (χ2n) is 12.5. The Labute approximate surface area is 309 Å². The Morgan fingerprint density at radius 3 is 0.830 bits per heavy atom. The number of benzene rings is 4. The van der Waals surface area contributed by atoms with Crippen molar-refractivity contribution in [1.29, 1.82) is 0 Å². The van der Waals surface area contributed by atoms with Crippen molar-refractivity contribution < 1.29 is 12.8 Å². The first-order valence-electron chi connectivity index (χ1n) is 17.0. The zero-order chi connectivity index (χ0) is 36.4. The van der Waals surface area contributed by atoms with Crippen LogP contribution in [-0.2, 0) is 12.8 Å². The Balaban J connectivity index is 0.000000153. The summed E-state index contributed by atoms with van der Waals surface area (Å²) in [6.45, 7) is 0. The van der Waals surface area contributed by atoms with Crippen LogP contribution in [0.15, 0.2) is 146 Å². The standard InChI is InChI=1S/C20H14N4.4C6H6N.Fe/c1-2-14-10-16-5-6-18(23-16)12-20-8-7-19(24-20)11-17-4-3-15(22-17)9-13(1)21-14;4*7-6-4-2-1-3-5-6;/h1-12,21,24H;4*1-4H,7H2;. The van der Waals surface area contributed by atoms with Gasteiger partial charge < -0.3 is 9.97 Å². The monoisotopic (exact) mass is 734 g/mol. The van der Waals surface area contributed by atoms with Crippen LogP contribution in [0.5, 0.6) is 0 Å². The zero-order valence-corrected chi connectivity index (χ0v) is 29.8. The molecule has 4 aromatic carbocycles. The number of fused-ring (bicyclic) bond motifs is 8. The van der Waals surface area contributed by atoms with Gasteiger partial charge in [0.2, 0.25) is 0 Å². The van der Waals surface area contributed by atoms with Crippen molar-refractivity contribution >= 4 is 87.0 Å². The van der Waals surface area contributed by atoms with E-state index in [0.717, 1.165) is 62.7 Å². The fourth-order valence-corrected chi connectivity index (χ4v) is 12.1. The first-order valence-corrected chi connectivity index (χ1v) is 19.2. The normalized spacial score (nSPS) is 12.2. The van der Waals surface area contributed by atoms with Gasteiger partial charge in [0.25, 0.3) is 0 Å². The molecule has 8 nitrogen and oxygen atoms in total. The van der Waals surface area contributed by atoms with E-state index in [2.05, 4.69) is 68.5 Å². The Morgan fingerprint density at radius 1 is 0.340 bits per heavy atom. The van der Waals surface area contributed by atoms with Gasteiger partial charge in [-0.15, -0.1) is 0 Å².